The Kier molecular flexibility index (Phi) is 9.49. The van der Waals surface area contributed by atoms with Crippen molar-refractivity contribution in [2.45, 2.75) is 0 Å². The van der Waals surface area contributed by atoms with Crippen LogP contribution >= 0.6 is 0 Å². The predicted molar refractivity (Wildman–Crippen MR) is 256 cm³/mol. The second-order valence-electron chi connectivity index (χ2n) is 15.4. The molecule has 0 aliphatic heterocycles. The van der Waals surface area contributed by atoms with E-state index in [1.807, 2.05) is 24.3 Å². The molecule has 11 aromatic rings. The van der Waals surface area contributed by atoms with Gasteiger partial charge in [0, 0.05) is 33.4 Å². The topological polar surface area (TPSA) is 51.6 Å². The van der Waals surface area contributed by atoms with E-state index < -0.39 is 0 Å². The predicted octanol–water partition coefficient (Wildman–Crippen LogP) is 14.9. The Bertz CT molecular complexity index is 3010. The first-order chi connectivity index (χ1) is 30.7. The number of rotatable bonds is 8. The monoisotopic (exact) mass is 790 g/mol. The van der Waals surface area contributed by atoms with Gasteiger partial charge in [-0.15, -0.1) is 0 Å². The maximum absolute atomic E-state index is 5.23. The van der Waals surface area contributed by atoms with E-state index in [1.54, 1.807) is 0 Å². The lowest BCUT2D eigenvalue weighted by molar-refractivity contribution is 1.18. The summed E-state index contributed by atoms with van der Waals surface area (Å²) in [5.41, 5.74) is 14.1. The molecule has 290 valence electrons. The highest BCUT2D eigenvalue weighted by atomic mass is 14.9. The van der Waals surface area contributed by atoms with Crippen molar-refractivity contribution >= 4 is 21.5 Å². The fraction of sp³-hybridized carbons (Fsp3) is 0. The molecule has 0 N–H and O–H groups in total. The van der Waals surface area contributed by atoms with E-state index in [1.165, 1.54) is 0 Å². The maximum Gasteiger partial charge on any atom is 0.160 e. The molecular weight excluding hydrogens is 753 g/mol. The van der Waals surface area contributed by atoms with Crippen molar-refractivity contribution in [2.24, 2.45) is 0 Å². The van der Waals surface area contributed by atoms with E-state index >= 15 is 0 Å². The molecule has 11 rings (SSSR count). The highest BCUT2D eigenvalue weighted by Gasteiger charge is 2.21. The molecule has 4 heteroatoms. The highest BCUT2D eigenvalue weighted by Crippen LogP contribution is 2.46. The summed E-state index contributed by atoms with van der Waals surface area (Å²) in [5, 5.41) is 4.51. The van der Waals surface area contributed by atoms with Gasteiger partial charge in [0.15, 0.2) is 11.6 Å². The Labute approximate surface area is 360 Å². The minimum atomic E-state index is 0.674. The van der Waals surface area contributed by atoms with E-state index in [0.717, 1.165) is 100.0 Å². The average Bonchev–Trinajstić information content (AvgIpc) is 3.36. The summed E-state index contributed by atoms with van der Waals surface area (Å²) in [7, 11) is 0. The molecule has 0 fully saturated rings. The lowest BCUT2D eigenvalue weighted by Gasteiger charge is -2.19. The molecule has 62 heavy (non-hydrogen) atoms. The summed E-state index contributed by atoms with van der Waals surface area (Å²) in [5.74, 6) is 1.35. The minimum absolute atomic E-state index is 0.674. The number of benzene rings is 9. The van der Waals surface area contributed by atoms with E-state index in [-0.39, 0.29) is 0 Å². The van der Waals surface area contributed by atoms with Gasteiger partial charge in [-0.1, -0.05) is 206 Å². The first-order valence-electron chi connectivity index (χ1n) is 20.9. The van der Waals surface area contributed by atoms with Crippen molar-refractivity contribution in [3.63, 3.8) is 0 Å². The van der Waals surface area contributed by atoms with Gasteiger partial charge in [-0.2, -0.15) is 0 Å². The molecule has 0 bridgehead atoms. The number of hydrogen-bond acceptors (Lipinski definition) is 4. The van der Waals surface area contributed by atoms with Gasteiger partial charge in [0.05, 0.1) is 22.8 Å². The molecule has 0 saturated carbocycles. The molecular formula is C58H38N4. The quantitative estimate of drug-likeness (QED) is 0.144. The van der Waals surface area contributed by atoms with Crippen molar-refractivity contribution in [1.29, 1.82) is 0 Å². The molecule has 4 nitrogen and oxygen atoms in total. The van der Waals surface area contributed by atoms with Crippen LogP contribution in [0.3, 0.4) is 0 Å². The van der Waals surface area contributed by atoms with Gasteiger partial charge >= 0.3 is 0 Å². The van der Waals surface area contributed by atoms with Crippen LogP contribution in [0.4, 0.5) is 0 Å². The van der Waals surface area contributed by atoms with Gasteiger partial charge in [-0.25, -0.2) is 19.9 Å². The fourth-order valence-electron chi connectivity index (χ4n) is 8.52. The van der Waals surface area contributed by atoms with Crippen molar-refractivity contribution in [3.05, 3.63) is 231 Å². The Morgan fingerprint density at radius 2 is 0.452 bits per heavy atom. The molecule has 0 atom stereocenters. The van der Waals surface area contributed by atoms with Crippen LogP contribution in [0.15, 0.2) is 231 Å². The first kappa shape index (κ1) is 36.7. The summed E-state index contributed by atoms with van der Waals surface area (Å²) < 4.78 is 0. The third kappa shape index (κ3) is 7.00. The minimum Gasteiger partial charge on any atom is -0.228 e. The second kappa shape index (κ2) is 16.0. The third-order valence-electron chi connectivity index (χ3n) is 11.5. The normalized spacial score (nSPS) is 11.2. The number of fused-ring (bicyclic) bond motifs is 2. The number of aromatic nitrogens is 4. The third-order valence-corrected chi connectivity index (χ3v) is 11.5. The van der Waals surface area contributed by atoms with Crippen LogP contribution in [0.1, 0.15) is 0 Å². The molecule has 0 saturated heterocycles. The molecule has 0 radical (unpaired) electrons. The van der Waals surface area contributed by atoms with Crippen LogP contribution < -0.4 is 0 Å². The van der Waals surface area contributed by atoms with Crippen LogP contribution in [0.2, 0.25) is 0 Å². The van der Waals surface area contributed by atoms with Crippen LogP contribution in [0, 0.1) is 0 Å². The summed E-state index contributed by atoms with van der Waals surface area (Å²) in [6.45, 7) is 0. The van der Waals surface area contributed by atoms with Gasteiger partial charge in [0.2, 0.25) is 0 Å². The van der Waals surface area contributed by atoms with Gasteiger partial charge in [0.25, 0.3) is 0 Å². The SMILES string of the molecule is c1ccc(-c2cc(-c3ccccc3)nc(-c3ccc4c(-c5ccccc5)c5cc(-c6nc(-c7ccccc7)cc(-c7ccccc7)n6)ccc5c(-c5ccccc5)c4c3)n2)cc1. The van der Waals surface area contributed by atoms with Crippen molar-refractivity contribution in [1.82, 2.24) is 19.9 Å². The Hall–Kier alpha value is -8.34. The molecule has 0 spiro atoms. The zero-order valence-corrected chi connectivity index (χ0v) is 33.7. The summed E-state index contributed by atoms with van der Waals surface area (Å²) in [4.78, 5) is 20.9. The highest BCUT2D eigenvalue weighted by molar-refractivity contribution is 6.22. The summed E-state index contributed by atoms with van der Waals surface area (Å²) in [6, 6.07) is 80.4. The van der Waals surface area contributed by atoms with Gasteiger partial charge < -0.3 is 0 Å². The average molecular weight is 791 g/mol. The number of nitrogens with zero attached hydrogens (tertiary/aromatic N) is 4. The number of hydrogen-bond donors (Lipinski definition) is 0. The molecule has 9 aromatic carbocycles. The smallest absolute Gasteiger partial charge is 0.160 e. The van der Waals surface area contributed by atoms with E-state index in [4.69, 9.17) is 19.9 Å². The van der Waals surface area contributed by atoms with Crippen molar-refractivity contribution in [3.8, 4) is 90.1 Å². The van der Waals surface area contributed by atoms with E-state index in [0.29, 0.717) is 11.6 Å². The lowest BCUT2D eigenvalue weighted by atomic mass is 9.84. The molecule has 0 amide bonds. The Morgan fingerprint density at radius 1 is 0.194 bits per heavy atom. The van der Waals surface area contributed by atoms with Crippen LogP contribution in [0.25, 0.3) is 112 Å². The van der Waals surface area contributed by atoms with Crippen LogP contribution in [0.5, 0.6) is 0 Å². The fourth-order valence-corrected chi connectivity index (χ4v) is 8.52. The van der Waals surface area contributed by atoms with Crippen molar-refractivity contribution in [2.75, 3.05) is 0 Å². The Morgan fingerprint density at radius 3 is 0.726 bits per heavy atom. The van der Waals surface area contributed by atoms with E-state index in [9.17, 15) is 0 Å². The lowest BCUT2D eigenvalue weighted by Crippen LogP contribution is -1.98. The molecule has 0 aliphatic rings. The summed E-state index contributed by atoms with van der Waals surface area (Å²) in [6.07, 6.45) is 0. The van der Waals surface area contributed by atoms with Crippen LogP contribution in [-0.2, 0) is 0 Å². The van der Waals surface area contributed by atoms with E-state index in [2.05, 4.69) is 206 Å². The molecule has 0 aliphatic carbocycles. The summed E-state index contributed by atoms with van der Waals surface area (Å²) >= 11 is 0. The Balaban J connectivity index is 1.18. The first-order valence-corrected chi connectivity index (χ1v) is 20.9. The van der Waals surface area contributed by atoms with Gasteiger partial charge in [-0.3, -0.25) is 0 Å². The zero-order valence-electron chi connectivity index (χ0n) is 33.7. The maximum atomic E-state index is 5.23. The standard InChI is InChI=1S/C58H38N4/c1-7-19-39(20-8-1)51-37-52(40-21-9-2-10-22-40)60-57(59-51)45-31-33-47-49(35-45)55(43-27-15-5-16-28-43)48-34-32-46(36-50(48)56(47)44-29-17-6-18-30-44)58-61-53(41-23-11-3-12-24-41)38-54(62-58)42-25-13-4-14-26-42/h1-38H. The van der Waals surface area contributed by atoms with Gasteiger partial charge in [0.1, 0.15) is 0 Å². The zero-order chi connectivity index (χ0) is 41.2. The molecule has 2 aromatic heterocycles. The second-order valence-corrected chi connectivity index (χ2v) is 15.4. The van der Waals surface area contributed by atoms with Gasteiger partial charge in [-0.05, 0) is 68.1 Å². The molecule has 0 unspecified atom stereocenters. The largest absolute Gasteiger partial charge is 0.228 e. The van der Waals surface area contributed by atoms with Crippen molar-refractivity contribution < 1.29 is 0 Å². The molecule has 2 heterocycles. The van der Waals surface area contributed by atoms with Crippen LogP contribution in [-0.4, -0.2) is 19.9 Å².